The monoisotopic (exact) mass is 512 g/mol. The molecule has 9 heteroatoms. The van der Waals surface area contributed by atoms with Gasteiger partial charge in [-0.2, -0.15) is 0 Å². The summed E-state index contributed by atoms with van der Waals surface area (Å²) in [5.74, 6) is 0.106. The predicted octanol–water partition coefficient (Wildman–Crippen LogP) is 6.50. The Labute approximate surface area is 211 Å². The highest BCUT2D eigenvalue weighted by Gasteiger charge is 2.42. The van der Waals surface area contributed by atoms with Crippen LogP contribution in [0.3, 0.4) is 0 Å². The standard InChI is InChI=1S/C25H19Cl2FN4OS/c1-33-22-10-8-16(14-18(22)27)32-24(23(30-25(32)34)20-5-2-3-11-29-20)21-6-4-12-31(21)15-7-9-19(28)17(26)13-15/h2-14,23-24H,1H3,(H,30,34). The molecule has 0 radical (unpaired) electrons. The van der Waals surface area contributed by atoms with Crippen LogP contribution in [0.5, 0.6) is 5.75 Å². The molecule has 4 aromatic rings. The number of halogens is 3. The Hall–Kier alpha value is -3.13. The summed E-state index contributed by atoms with van der Waals surface area (Å²) < 4.78 is 21.1. The number of hydrogen-bond acceptors (Lipinski definition) is 3. The molecule has 34 heavy (non-hydrogen) atoms. The Morgan fingerprint density at radius 3 is 2.50 bits per heavy atom. The van der Waals surface area contributed by atoms with Crippen molar-refractivity contribution in [1.29, 1.82) is 0 Å². The third-order valence-corrected chi connectivity index (χ3v) is 6.68. The van der Waals surface area contributed by atoms with Gasteiger partial charge in [0.25, 0.3) is 0 Å². The molecule has 0 bridgehead atoms. The lowest BCUT2D eigenvalue weighted by Gasteiger charge is -2.29. The second-order valence-electron chi connectivity index (χ2n) is 7.72. The average molecular weight is 513 g/mol. The Morgan fingerprint density at radius 2 is 1.79 bits per heavy atom. The molecule has 1 aliphatic heterocycles. The molecule has 3 heterocycles. The molecule has 5 nitrogen and oxygen atoms in total. The number of ether oxygens (including phenoxy) is 1. The van der Waals surface area contributed by atoms with Crippen LogP contribution in [0.4, 0.5) is 10.1 Å². The highest BCUT2D eigenvalue weighted by atomic mass is 35.5. The van der Waals surface area contributed by atoms with Crippen LogP contribution in [0.2, 0.25) is 10.0 Å². The zero-order valence-corrected chi connectivity index (χ0v) is 20.3. The van der Waals surface area contributed by atoms with E-state index < -0.39 is 5.82 Å². The molecule has 1 saturated heterocycles. The van der Waals surface area contributed by atoms with Gasteiger partial charge >= 0.3 is 0 Å². The summed E-state index contributed by atoms with van der Waals surface area (Å²) in [7, 11) is 1.57. The molecule has 2 aromatic carbocycles. The van der Waals surface area contributed by atoms with Crippen molar-refractivity contribution in [3.63, 3.8) is 0 Å². The molecule has 2 aromatic heterocycles. The molecule has 172 valence electrons. The summed E-state index contributed by atoms with van der Waals surface area (Å²) in [6.07, 6.45) is 3.66. The van der Waals surface area contributed by atoms with Gasteiger partial charge in [0.15, 0.2) is 5.11 Å². The van der Waals surface area contributed by atoms with Crippen LogP contribution in [-0.2, 0) is 0 Å². The van der Waals surface area contributed by atoms with Gasteiger partial charge < -0.3 is 19.5 Å². The van der Waals surface area contributed by atoms with Crippen molar-refractivity contribution in [2.24, 2.45) is 0 Å². The Bertz CT molecular complexity index is 1360. The SMILES string of the molecule is COc1ccc(N2C(=S)NC(c3ccccn3)C2c2cccn2-c2ccc(F)c(Cl)c2)cc1Cl. The number of rotatable bonds is 5. The molecule has 2 unspecified atom stereocenters. The maximum absolute atomic E-state index is 13.9. The van der Waals surface area contributed by atoms with Gasteiger partial charge in [-0.3, -0.25) is 4.98 Å². The number of hydrogen-bond donors (Lipinski definition) is 1. The van der Waals surface area contributed by atoms with Crippen molar-refractivity contribution < 1.29 is 9.13 Å². The maximum atomic E-state index is 13.9. The van der Waals surface area contributed by atoms with Crippen molar-refractivity contribution in [2.45, 2.75) is 12.1 Å². The molecular formula is C25H19Cl2FN4OS. The highest BCUT2D eigenvalue weighted by molar-refractivity contribution is 7.80. The number of nitrogens with zero attached hydrogens (tertiary/aromatic N) is 3. The molecule has 2 atom stereocenters. The normalized spacial score (nSPS) is 17.6. The van der Waals surface area contributed by atoms with Crippen LogP contribution in [-0.4, -0.2) is 21.8 Å². The van der Waals surface area contributed by atoms with Crippen LogP contribution in [0.15, 0.2) is 79.1 Å². The van der Waals surface area contributed by atoms with Crippen LogP contribution in [0.25, 0.3) is 5.69 Å². The Morgan fingerprint density at radius 1 is 1.00 bits per heavy atom. The molecular weight excluding hydrogens is 494 g/mol. The third-order valence-electron chi connectivity index (χ3n) is 5.78. The summed E-state index contributed by atoms with van der Waals surface area (Å²) in [5, 5.41) is 4.49. The van der Waals surface area contributed by atoms with Gasteiger partial charge in [-0.1, -0.05) is 29.3 Å². The minimum Gasteiger partial charge on any atom is -0.495 e. The van der Waals surface area contributed by atoms with E-state index in [2.05, 4.69) is 10.3 Å². The minimum absolute atomic E-state index is 0.0530. The first kappa shape index (κ1) is 22.7. The summed E-state index contributed by atoms with van der Waals surface area (Å²) in [4.78, 5) is 6.59. The van der Waals surface area contributed by atoms with E-state index in [4.69, 9.17) is 40.2 Å². The molecule has 1 aliphatic rings. The Kier molecular flexibility index (Phi) is 6.16. The van der Waals surface area contributed by atoms with Crippen LogP contribution < -0.4 is 15.0 Å². The van der Waals surface area contributed by atoms with Crippen LogP contribution in [0.1, 0.15) is 23.5 Å². The number of pyridine rings is 1. The predicted molar refractivity (Wildman–Crippen MR) is 137 cm³/mol. The van der Waals surface area contributed by atoms with E-state index in [0.717, 1.165) is 22.8 Å². The second kappa shape index (κ2) is 9.25. The van der Waals surface area contributed by atoms with Gasteiger partial charge in [0.1, 0.15) is 17.6 Å². The van der Waals surface area contributed by atoms with Crippen LogP contribution >= 0.6 is 35.4 Å². The molecule has 0 spiro atoms. The largest absolute Gasteiger partial charge is 0.495 e. The summed E-state index contributed by atoms with van der Waals surface area (Å²) in [5.41, 5.74) is 3.28. The lowest BCUT2D eigenvalue weighted by Crippen LogP contribution is -2.30. The van der Waals surface area contributed by atoms with E-state index in [1.165, 1.54) is 6.07 Å². The average Bonchev–Trinajstić information content (AvgIpc) is 3.45. The number of benzene rings is 2. The first-order valence-electron chi connectivity index (χ1n) is 10.4. The fraction of sp³-hybridized carbons (Fsp3) is 0.120. The van der Waals surface area contributed by atoms with Gasteiger partial charge in [-0.05, 0) is 72.9 Å². The van der Waals surface area contributed by atoms with E-state index in [1.807, 2.05) is 64.2 Å². The zero-order valence-electron chi connectivity index (χ0n) is 18.0. The van der Waals surface area contributed by atoms with Gasteiger partial charge in [0, 0.05) is 29.5 Å². The number of methoxy groups -OCH3 is 1. The lowest BCUT2D eigenvalue weighted by atomic mass is 10.0. The molecule has 1 N–H and O–H groups in total. The second-order valence-corrected chi connectivity index (χ2v) is 8.92. The molecule has 0 amide bonds. The van der Waals surface area contributed by atoms with Crippen molar-refractivity contribution in [3.8, 4) is 11.4 Å². The molecule has 0 aliphatic carbocycles. The fourth-order valence-corrected chi connectivity index (χ4v) is 5.02. The first-order chi connectivity index (χ1) is 16.5. The number of aromatic nitrogens is 2. The van der Waals surface area contributed by atoms with Crippen LogP contribution in [0, 0.1) is 5.82 Å². The van der Waals surface area contributed by atoms with Gasteiger partial charge in [-0.25, -0.2) is 4.39 Å². The van der Waals surface area contributed by atoms with E-state index in [9.17, 15) is 4.39 Å². The third kappa shape index (κ3) is 4.00. The maximum Gasteiger partial charge on any atom is 0.174 e. The molecule has 5 rings (SSSR count). The minimum atomic E-state index is -0.469. The van der Waals surface area contributed by atoms with Gasteiger partial charge in [0.05, 0.1) is 28.9 Å². The fourth-order valence-electron chi connectivity index (χ4n) is 4.24. The van der Waals surface area contributed by atoms with Gasteiger partial charge in [-0.15, -0.1) is 0 Å². The summed E-state index contributed by atoms with van der Waals surface area (Å²) in [6.45, 7) is 0. The lowest BCUT2D eigenvalue weighted by molar-refractivity contribution is 0.415. The van der Waals surface area contributed by atoms with Crippen molar-refractivity contribution in [2.75, 3.05) is 12.0 Å². The first-order valence-corrected chi connectivity index (χ1v) is 11.6. The van der Waals surface area contributed by atoms with E-state index in [1.54, 1.807) is 25.4 Å². The Balaban J connectivity index is 1.67. The van der Waals surface area contributed by atoms with E-state index in [0.29, 0.717) is 15.9 Å². The number of anilines is 1. The zero-order chi connectivity index (χ0) is 23.8. The molecule has 1 fully saturated rings. The van der Waals surface area contributed by atoms with E-state index >= 15 is 0 Å². The molecule has 0 saturated carbocycles. The highest BCUT2D eigenvalue weighted by Crippen LogP contribution is 2.43. The number of thiocarbonyl (C=S) groups is 1. The number of nitrogens with one attached hydrogen (secondary N) is 1. The topological polar surface area (TPSA) is 42.3 Å². The van der Waals surface area contributed by atoms with E-state index in [-0.39, 0.29) is 17.1 Å². The quantitative estimate of drug-likeness (QED) is 0.309. The van der Waals surface area contributed by atoms with Gasteiger partial charge in [0.2, 0.25) is 0 Å². The summed E-state index contributed by atoms with van der Waals surface area (Å²) >= 11 is 18.3. The summed E-state index contributed by atoms with van der Waals surface area (Å²) in [6, 6.07) is 19.4. The smallest absolute Gasteiger partial charge is 0.174 e. The van der Waals surface area contributed by atoms with Crippen molar-refractivity contribution in [3.05, 3.63) is 106 Å². The van der Waals surface area contributed by atoms with Crippen molar-refractivity contribution in [1.82, 2.24) is 14.9 Å². The van der Waals surface area contributed by atoms with Crippen molar-refractivity contribution >= 4 is 46.2 Å².